The minimum absolute atomic E-state index is 0.00362. The highest BCUT2D eigenvalue weighted by Crippen LogP contribution is 2.54. The summed E-state index contributed by atoms with van der Waals surface area (Å²) < 4.78 is 7.63. The van der Waals surface area contributed by atoms with Gasteiger partial charge in [-0.25, -0.2) is 0 Å². The van der Waals surface area contributed by atoms with Crippen LogP contribution in [0.15, 0.2) is 48.5 Å². The third-order valence-corrected chi connectivity index (χ3v) is 8.04. The number of anilines is 1. The number of amides is 2. The van der Waals surface area contributed by atoms with Gasteiger partial charge >= 0.3 is 0 Å². The Kier molecular flexibility index (Phi) is 6.22. The molecule has 2 saturated heterocycles. The maximum Gasteiger partial charge on any atom is 0.264 e. The summed E-state index contributed by atoms with van der Waals surface area (Å²) in [5.41, 5.74) is 1.81. The van der Waals surface area contributed by atoms with Gasteiger partial charge in [-0.1, -0.05) is 37.3 Å². The second-order valence-corrected chi connectivity index (χ2v) is 10.7. The molecule has 5 rings (SSSR count). The first-order chi connectivity index (χ1) is 15.9. The van der Waals surface area contributed by atoms with Gasteiger partial charge in [0.15, 0.2) is 5.60 Å². The number of hydrogen-bond donors (Lipinski definition) is 1. The molecular formula is C26H29IN2O4. The van der Waals surface area contributed by atoms with Gasteiger partial charge in [0.1, 0.15) is 0 Å². The molecule has 0 bridgehead atoms. The van der Waals surface area contributed by atoms with Crippen LogP contribution < -0.4 is 4.90 Å². The average Bonchev–Trinajstić information content (AvgIpc) is 3.47. The van der Waals surface area contributed by atoms with Gasteiger partial charge in [0.05, 0.1) is 37.4 Å². The normalized spacial score (nSPS) is 28.7. The highest BCUT2D eigenvalue weighted by atomic mass is 127. The zero-order valence-electron chi connectivity index (χ0n) is 18.7. The van der Waals surface area contributed by atoms with Crippen molar-refractivity contribution in [1.82, 2.24) is 4.90 Å². The summed E-state index contributed by atoms with van der Waals surface area (Å²) >= 11 is 2.28. The molecule has 3 aliphatic heterocycles. The lowest BCUT2D eigenvalue weighted by atomic mass is 9.83. The van der Waals surface area contributed by atoms with Crippen molar-refractivity contribution < 1.29 is 19.4 Å². The quantitative estimate of drug-likeness (QED) is 0.565. The molecule has 0 unspecified atom stereocenters. The van der Waals surface area contributed by atoms with Crippen molar-refractivity contribution >= 4 is 40.1 Å². The van der Waals surface area contributed by atoms with Gasteiger partial charge in [-0.15, -0.1) is 0 Å². The Labute approximate surface area is 208 Å². The van der Waals surface area contributed by atoms with Crippen LogP contribution >= 0.6 is 22.6 Å². The number of benzene rings is 2. The van der Waals surface area contributed by atoms with Crippen molar-refractivity contribution in [2.24, 2.45) is 5.92 Å². The number of aliphatic hydroxyl groups is 1. The average molecular weight is 560 g/mol. The number of fused-ring (bicyclic) bond motifs is 2. The molecule has 174 valence electrons. The predicted molar refractivity (Wildman–Crippen MR) is 134 cm³/mol. The SMILES string of the molecule is C[C@H]1C[C@@H](CC(=O)N2CCC[C@H]2CO)O[C@]12C(=O)N(Cc1ccccc1)c1ccc(I)cc12. The number of likely N-dealkylation sites (tertiary alicyclic amines) is 1. The van der Waals surface area contributed by atoms with E-state index >= 15 is 0 Å². The van der Waals surface area contributed by atoms with Crippen LogP contribution in [0.1, 0.15) is 43.7 Å². The van der Waals surface area contributed by atoms with Gasteiger partial charge in [0, 0.05) is 21.6 Å². The van der Waals surface area contributed by atoms with Gasteiger partial charge in [-0.2, -0.15) is 0 Å². The van der Waals surface area contributed by atoms with Crippen LogP contribution in [0.25, 0.3) is 0 Å². The predicted octanol–water partition coefficient (Wildman–Crippen LogP) is 3.83. The zero-order valence-corrected chi connectivity index (χ0v) is 20.9. The van der Waals surface area contributed by atoms with Crippen molar-refractivity contribution in [1.29, 1.82) is 0 Å². The minimum atomic E-state index is -1.06. The number of carbonyl (C=O) groups is 2. The van der Waals surface area contributed by atoms with E-state index in [1.54, 1.807) is 4.90 Å². The number of carbonyl (C=O) groups excluding carboxylic acids is 2. The number of aliphatic hydroxyl groups excluding tert-OH is 1. The molecule has 0 radical (unpaired) electrons. The number of hydrogen-bond acceptors (Lipinski definition) is 4. The lowest BCUT2D eigenvalue weighted by Crippen LogP contribution is -2.44. The monoisotopic (exact) mass is 560 g/mol. The van der Waals surface area contributed by atoms with E-state index in [9.17, 15) is 14.7 Å². The molecule has 0 aromatic heterocycles. The van der Waals surface area contributed by atoms with E-state index in [1.165, 1.54) is 0 Å². The lowest BCUT2D eigenvalue weighted by Gasteiger charge is -2.29. The largest absolute Gasteiger partial charge is 0.394 e. The van der Waals surface area contributed by atoms with Crippen LogP contribution in [-0.2, 0) is 26.5 Å². The molecule has 0 aliphatic carbocycles. The number of rotatable bonds is 5. The summed E-state index contributed by atoms with van der Waals surface area (Å²) in [6.07, 6.45) is 2.33. The molecule has 0 saturated carbocycles. The standard InChI is InChI=1S/C26H29IN2O4/c1-17-12-21(14-24(31)28-11-5-8-20(28)16-30)33-26(17)22-13-19(27)9-10-23(22)29(25(26)32)15-18-6-3-2-4-7-18/h2-4,6-7,9-10,13,17,20-21,30H,5,8,11-12,14-16H2,1H3/t17-,20-,21-,26+/m0/s1. The Hall–Kier alpha value is -1.97. The minimum Gasteiger partial charge on any atom is -0.394 e. The molecule has 1 spiro atoms. The summed E-state index contributed by atoms with van der Waals surface area (Å²) in [5, 5.41) is 9.60. The third kappa shape index (κ3) is 3.88. The second-order valence-electron chi connectivity index (χ2n) is 9.42. The highest BCUT2D eigenvalue weighted by molar-refractivity contribution is 14.1. The van der Waals surface area contributed by atoms with E-state index in [0.717, 1.165) is 33.2 Å². The third-order valence-electron chi connectivity index (χ3n) is 7.37. The highest BCUT2D eigenvalue weighted by Gasteiger charge is 2.60. The van der Waals surface area contributed by atoms with E-state index in [2.05, 4.69) is 35.6 Å². The molecule has 2 amide bonds. The topological polar surface area (TPSA) is 70.1 Å². The molecule has 3 aliphatic rings. The molecule has 1 N–H and O–H groups in total. The molecule has 2 aromatic carbocycles. The van der Waals surface area contributed by atoms with Gasteiger partial charge in [-0.3, -0.25) is 9.59 Å². The van der Waals surface area contributed by atoms with Gasteiger partial charge in [0.25, 0.3) is 5.91 Å². The fourth-order valence-electron chi connectivity index (χ4n) is 5.76. The summed E-state index contributed by atoms with van der Waals surface area (Å²) in [5.74, 6) is -0.0804. The first-order valence-electron chi connectivity index (χ1n) is 11.7. The van der Waals surface area contributed by atoms with E-state index < -0.39 is 5.60 Å². The molecule has 2 fully saturated rings. The Morgan fingerprint density at radius 2 is 2.03 bits per heavy atom. The van der Waals surface area contributed by atoms with E-state index in [1.807, 2.05) is 47.4 Å². The van der Waals surface area contributed by atoms with Crippen molar-refractivity contribution in [3.63, 3.8) is 0 Å². The smallest absolute Gasteiger partial charge is 0.264 e. The fourth-order valence-corrected chi connectivity index (χ4v) is 6.25. The maximum atomic E-state index is 14.0. The van der Waals surface area contributed by atoms with Crippen LogP contribution in [-0.4, -0.2) is 47.1 Å². The molecule has 2 aromatic rings. The molecular weight excluding hydrogens is 531 g/mol. The van der Waals surface area contributed by atoms with Crippen molar-refractivity contribution in [2.45, 2.75) is 56.9 Å². The van der Waals surface area contributed by atoms with Crippen LogP contribution in [0.5, 0.6) is 0 Å². The van der Waals surface area contributed by atoms with Gasteiger partial charge < -0.3 is 19.6 Å². The Bertz CT molecular complexity index is 1060. The van der Waals surface area contributed by atoms with E-state index in [-0.39, 0.29) is 42.9 Å². The Morgan fingerprint density at radius 3 is 2.79 bits per heavy atom. The molecule has 7 heteroatoms. The summed E-state index contributed by atoms with van der Waals surface area (Å²) in [6.45, 7) is 3.23. The van der Waals surface area contributed by atoms with Gasteiger partial charge in [-0.05, 0) is 65.6 Å². The van der Waals surface area contributed by atoms with Crippen molar-refractivity contribution in [3.05, 3.63) is 63.2 Å². The first-order valence-corrected chi connectivity index (χ1v) is 12.8. The second kappa shape index (κ2) is 9.00. The van der Waals surface area contributed by atoms with Crippen molar-refractivity contribution in [2.75, 3.05) is 18.1 Å². The summed E-state index contributed by atoms with van der Waals surface area (Å²) in [7, 11) is 0. The Morgan fingerprint density at radius 1 is 1.24 bits per heavy atom. The van der Waals surface area contributed by atoms with Crippen LogP contribution in [0.4, 0.5) is 5.69 Å². The molecule has 3 heterocycles. The summed E-state index contributed by atoms with van der Waals surface area (Å²) in [6, 6.07) is 16.0. The number of halogens is 1. The van der Waals surface area contributed by atoms with Crippen LogP contribution in [0, 0.1) is 9.49 Å². The number of nitrogens with zero attached hydrogens (tertiary/aromatic N) is 2. The molecule has 6 nitrogen and oxygen atoms in total. The lowest BCUT2D eigenvalue weighted by molar-refractivity contribution is -0.150. The van der Waals surface area contributed by atoms with Crippen LogP contribution in [0.3, 0.4) is 0 Å². The van der Waals surface area contributed by atoms with Crippen LogP contribution in [0.2, 0.25) is 0 Å². The zero-order chi connectivity index (χ0) is 23.2. The summed E-state index contributed by atoms with van der Waals surface area (Å²) in [4.78, 5) is 30.6. The Balaban J connectivity index is 1.43. The van der Waals surface area contributed by atoms with E-state index in [4.69, 9.17) is 4.74 Å². The molecule has 33 heavy (non-hydrogen) atoms. The van der Waals surface area contributed by atoms with Gasteiger partial charge in [0.2, 0.25) is 5.91 Å². The van der Waals surface area contributed by atoms with E-state index in [0.29, 0.717) is 19.5 Å². The molecule has 4 atom stereocenters. The maximum absolute atomic E-state index is 14.0. The van der Waals surface area contributed by atoms with Crippen molar-refractivity contribution in [3.8, 4) is 0 Å². The first kappa shape index (κ1) is 22.8. The fraction of sp³-hybridized carbons (Fsp3) is 0.462. The number of ether oxygens (including phenoxy) is 1.